The quantitative estimate of drug-likeness (QED) is 0.502. The van der Waals surface area contributed by atoms with Crippen molar-refractivity contribution in [2.24, 2.45) is 0 Å². The third-order valence-corrected chi connectivity index (χ3v) is 4.54. The molecule has 0 bridgehead atoms. The molecule has 0 fully saturated rings. The van der Waals surface area contributed by atoms with Crippen LogP contribution in [-0.2, 0) is 9.59 Å². The van der Waals surface area contributed by atoms with Gasteiger partial charge in [0, 0.05) is 35.3 Å². The smallest absolute Gasteiger partial charge is 0.247 e. The van der Waals surface area contributed by atoms with Gasteiger partial charge < -0.3 is 20.5 Å². The van der Waals surface area contributed by atoms with E-state index in [0.29, 0.717) is 24.7 Å². The fourth-order valence-corrected chi connectivity index (χ4v) is 3.18. The summed E-state index contributed by atoms with van der Waals surface area (Å²) < 4.78 is 0. The second-order valence-electron chi connectivity index (χ2n) is 7.22. The van der Waals surface area contributed by atoms with Crippen LogP contribution in [0.2, 0.25) is 0 Å². The number of hydrogen-bond acceptors (Lipinski definition) is 6. The van der Waals surface area contributed by atoms with Crippen LogP contribution in [0.4, 0.5) is 11.6 Å². The number of anilines is 2. The molecule has 3 heterocycles. The highest BCUT2D eigenvalue weighted by atomic mass is 16.2. The van der Waals surface area contributed by atoms with Gasteiger partial charge in [0.05, 0.1) is 18.3 Å². The van der Waals surface area contributed by atoms with Gasteiger partial charge in [0.1, 0.15) is 0 Å². The molecule has 1 aromatic carbocycles. The lowest BCUT2D eigenvalue weighted by Gasteiger charge is -2.25. The van der Waals surface area contributed by atoms with E-state index in [0.717, 1.165) is 22.2 Å². The number of nitrogens with zero attached hydrogens (tertiary/aromatic N) is 4. The monoisotopic (exact) mass is 394 g/mol. The first-order valence-corrected chi connectivity index (χ1v) is 9.40. The number of nitrogens with one attached hydrogen (secondary N) is 4. The summed E-state index contributed by atoms with van der Waals surface area (Å²) in [4.78, 5) is 28.9. The van der Waals surface area contributed by atoms with Gasteiger partial charge in [-0.3, -0.25) is 14.7 Å². The molecule has 1 aliphatic rings. The van der Waals surface area contributed by atoms with Crippen molar-refractivity contribution in [2.75, 3.05) is 18.4 Å². The minimum absolute atomic E-state index is 0.0443. The average molecular weight is 394 g/mol. The van der Waals surface area contributed by atoms with Crippen molar-refractivity contribution in [3.8, 4) is 0 Å². The van der Waals surface area contributed by atoms with Gasteiger partial charge in [0.2, 0.25) is 17.8 Å². The summed E-state index contributed by atoms with van der Waals surface area (Å²) in [5, 5.41) is 22.1. The summed E-state index contributed by atoms with van der Waals surface area (Å²) in [7, 11) is 0. The number of fused-ring (bicyclic) bond motifs is 1. The van der Waals surface area contributed by atoms with Crippen molar-refractivity contribution in [1.29, 1.82) is 0 Å². The first kappa shape index (κ1) is 18.7. The maximum absolute atomic E-state index is 12.4. The normalized spacial score (nSPS) is 14.4. The summed E-state index contributed by atoms with van der Waals surface area (Å²) in [5.74, 6) is 0.652. The van der Waals surface area contributed by atoms with Crippen molar-refractivity contribution in [3.63, 3.8) is 0 Å². The maximum Gasteiger partial charge on any atom is 0.247 e. The molecule has 0 atom stereocenters. The number of H-pyrrole nitrogens is 2. The van der Waals surface area contributed by atoms with Crippen LogP contribution in [0.5, 0.6) is 0 Å². The van der Waals surface area contributed by atoms with Crippen molar-refractivity contribution < 1.29 is 9.59 Å². The van der Waals surface area contributed by atoms with E-state index in [2.05, 4.69) is 36.0 Å². The lowest BCUT2D eigenvalue weighted by Crippen LogP contribution is -2.43. The zero-order valence-electron chi connectivity index (χ0n) is 16.2. The molecule has 0 radical (unpaired) electrons. The molecule has 1 aliphatic heterocycles. The molecule has 2 amide bonds. The van der Waals surface area contributed by atoms with Gasteiger partial charge in [-0.1, -0.05) is 0 Å². The second-order valence-corrected chi connectivity index (χ2v) is 7.22. The largest absolute Gasteiger partial charge is 0.352 e. The Balaban J connectivity index is 1.42. The summed E-state index contributed by atoms with van der Waals surface area (Å²) in [6.07, 6.45) is 3.85. The molecule has 0 aliphatic carbocycles. The van der Waals surface area contributed by atoms with Crippen molar-refractivity contribution in [1.82, 2.24) is 35.6 Å². The Morgan fingerprint density at radius 2 is 2.17 bits per heavy atom. The molecule has 0 saturated heterocycles. The fourth-order valence-electron chi connectivity index (χ4n) is 3.18. The SMILES string of the molecule is CC(C)NC(=O)CN1CCC(c2nnc(Nc3ccc4[nH]ncc4c3)[nH]2)=CC1=O. The number of aromatic nitrogens is 5. The van der Waals surface area contributed by atoms with Gasteiger partial charge >= 0.3 is 0 Å². The summed E-state index contributed by atoms with van der Waals surface area (Å²) >= 11 is 0. The highest BCUT2D eigenvalue weighted by Gasteiger charge is 2.23. The Labute approximate surface area is 166 Å². The first-order valence-electron chi connectivity index (χ1n) is 9.40. The van der Waals surface area contributed by atoms with Crippen molar-refractivity contribution in [2.45, 2.75) is 26.3 Å². The summed E-state index contributed by atoms with van der Waals surface area (Å²) in [6, 6.07) is 5.83. The van der Waals surface area contributed by atoms with E-state index in [1.165, 1.54) is 11.0 Å². The standard InChI is InChI=1S/C19H22N8O2/c1-11(2)21-16(28)10-27-6-5-12(8-17(27)29)18-23-19(26-25-18)22-14-3-4-15-13(7-14)9-20-24-15/h3-4,7-9,11H,5-6,10H2,1-2H3,(H,20,24)(H,21,28)(H2,22,23,25,26). The van der Waals surface area contributed by atoms with Gasteiger partial charge in [-0.05, 0) is 38.5 Å². The number of carbonyl (C=O) groups excluding carboxylic acids is 2. The Morgan fingerprint density at radius 1 is 1.31 bits per heavy atom. The van der Waals surface area contributed by atoms with E-state index < -0.39 is 0 Å². The fraction of sp³-hybridized carbons (Fsp3) is 0.316. The highest BCUT2D eigenvalue weighted by Crippen LogP contribution is 2.23. The highest BCUT2D eigenvalue weighted by molar-refractivity contribution is 5.98. The van der Waals surface area contributed by atoms with Crippen LogP contribution in [0.15, 0.2) is 30.5 Å². The van der Waals surface area contributed by atoms with Crippen LogP contribution in [0, 0.1) is 0 Å². The molecule has 150 valence electrons. The van der Waals surface area contributed by atoms with Gasteiger partial charge in [-0.2, -0.15) is 5.10 Å². The molecule has 0 spiro atoms. The molecular weight excluding hydrogens is 372 g/mol. The van der Waals surface area contributed by atoms with Crippen LogP contribution in [0.25, 0.3) is 16.5 Å². The van der Waals surface area contributed by atoms with E-state index in [4.69, 9.17) is 0 Å². The summed E-state index contributed by atoms with van der Waals surface area (Å²) in [6.45, 7) is 4.28. The number of hydrogen-bond donors (Lipinski definition) is 4. The van der Waals surface area contributed by atoms with E-state index >= 15 is 0 Å². The van der Waals surface area contributed by atoms with Crippen molar-refractivity contribution >= 4 is 39.9 Å². The first-order chi connectivity index (χ1) is 14.0. The number of rotatable bonds is 6. The number of carbonyl (C=O) groups is 2. The number of aromatic amines is 2. The minimum Gasteiger partial charge on any atom is -0.352 e. The molecular formula is C19H22N8O2. The Bertz CT molecular complexity index is 1080. The molecule has 4 rings (SSSR count). The number of amides is 2. The van der Waals surface area contributed by atoms with E-state index in [1.54, 1.807) is 6.20 Å². The third kappa shape index (κ3) is 4.26. The molecule has 10 heteroatoms. The number of benzene rings is 1. The maximum atomic E-state index is 12.4. The molecule has 0 unspecified atom stereocenters. The van der Waals surface area contributed by atoms with E-state index in [1.807, 2.05) is 32.0 Å². The molecule has 4 N–H and O–H groups in total. The van der Waals surface area contributed by atoms with Crippen LogP contribution < -0.4 is 10.6 Å². The summed E-state index contributed by atoms with van der Waals surface area (Å²) in [5.41, 5.74) is 2.56. The lowest BCUT2D eigenvalue weighted by molar-refractivity contribution is -0.132. The van der Waals surface area contributed by atoms with Crippen LogP contribution in [0.3, 0.4) is 0 Å². The topological polar surface area (TPSA) is 132 Å². The van der Waals surface area contributed by atoms with Crippen LogP contribution in [-0.4, -0.2) is 61.2 Å². The predicted octanol–water partition coefficient (Wildman–Crippen LogP) is 1.56. The molecule has 3 aromatic rings. The lowest BCUT2D eigenvalue weighted by atomic mass is 10.1. The predicted molar refractivity (Wildman–Crippen MR) is 108 cm³/mol. The van der Waals surface area contributed by atoms with Gasteiger partial charge in [-0.15, -0.1) is 10.2 Å². The van der Waals surface area contributed by atoms with Crippen LogP contribution in [0.1, 0.15) is 26.1 Å². The van der Waals surface area contributed by atoms with Crippen molar-refractivity contribution in [3.05, 3.63) is 36.3 Å². The van der Waals surface area contributed by atoms with Gasteiger partial charge in [0.15, 0.2) is 5.82 Å². The van der Waals surface area contributed by atoms with Gasteiger partial charge in [0.25, 0.3) is 0 Å². The van der Waals surface area contributed by atoms with Crippen LogP contribution >= 0.6 is 0 Å². The van der Waals surface area contributed by atoms with Gasteiger partial charge in [-0.25, -0.2) is 0 Å². The van der Waals surface area contributed by atoms with E-state index in [9.17, 15) is 9.59 Å². The minimum atomic E-state index is -0.207. The molecule has 29 heavy (non-hydrogen) atoms. The zero-order chi connectivity index (χ0) is 20.4. The molecule has 10 nitrogen and oxygen atoms in total. The van der Waals surface area contributed by atoms with E-state index in [-0.39, 0.29) is 24.4 Å². The Hall–Kier alpha value is -3.69. The zero-order valence-corrected chi connectivity index (χ0v) is 16.2. The second kappa shape index (κ2) is 7.74. The molecule has 0 saturated carbocycles. The third-order valence-electron chi connectivity index (χ3n) is 4.54. The Kier molecular flexibility index (Phi) is 4.98. The molecule has 2 aromatic heterocycles. The Morgan fingerprint density at radius 3 is 2.97 bits per heavy atom. The average Bonchev–Trinajstić information content (AvgIpc) is 3.32.